The summed E-state index contributed by atoms with van der Waals surface area (Å²) < 4.78 is 6.01. The minimum atomic E-state index is -0.200. The van der Waals surface area contributed by atoms with Gasteiger partial charge in [0.1, 0.15) is 6.10 Å². The van der Waals surface area contributed by atoms with E-state index in [9.17, 15) is 4.79 Å². The van der Waals surface area contributed by atoms with Crippen LogP contribution in [0.25, 0.3) is 0 Å². The maximum absolute atomic E-state index is 12.6. The largest absolute Gasteiger partial charge is 0.458 e. The highest BCUT2D eigenvalue weighted by atomic mass is 35.5. The number of rotatable bonds is 4. The SMILES string of the molecule is CN(C)[C@H]1C2CCC(CC2OC(=O)c2ccccc2)[C@@H]1c1ccc(Cl)cc1. The molecule has 0 heterocycles. The number of halogens is 1. The smallest absolute Gasteiger partial charge is 0.338 e. The molecule has 0 saturated heterocycles. The molecule has 0 amide bonds. The molecule has 0 aliphatic heterocycles. The first kappa shape index (κ1) is 18.5. The first-order valence-electron chi connectivity index (χ1n) is 9.72. The fourth-order valence-electron chi connectivity index (χ4n) is 5.22. The lowest BCUT2D eigenvalue weighted by Gasteiger charge is -2.54. The fourth-order valence-corrected chi connectivity index (χ4v) is 5.35. The minimum absolute atomic E-state index is 0.00703. The number of benzene rings is 2. The van der Waals surface area contributed by atoms with E-state index in [1.807, 2.05) is 42.5 Å². The lowest BCUT2D eigenvalue weighted by molar-refractivity contribution is -0.0746. The average molecular weight is 384 g/mol. The lowest BCUT2D eigenvalue weighted by atomic mass is 9.58. The van der Waals surface area contributed by atoms with Crippen LogP contribution >= 0.6 is 11.6 Å². The predicted molar refractivity (Wildman–Crippen MR) is 108 cm³/mol. The molecule has 0 N–H and O–H groups in total. The summed E-state index contributed by atoms with van der Waals surface area (Å²) in [5.74, 6) is 1.15. The molecular formula is C23H26ClNO2. The monoisotopic (exact) mass is 383 g/mol. The molecule has 0 radical (unpaired) electrons. The van der Waals surface area contributed by atoms with Crippen molar-refractivity contribution in [2.24, 2.45) is 11.8 Å². The van der Waals surface area contributed by atoms with Gasteiger partial charge in [0.2, 0.25) is 0 Å². The number of ether oxygens (including phenoxy) is 1. The molecular weight excluding hydrogens is 358 g/mol. The Bertz CT molecular complexity index is 790. The summed E-state index contributed by atoms with van der Waals surface area (Å²) in [5.41, 5.74) is 1.98. The Balaban J connectivity index is 1.57. The van der Waals surface area contributed by atoms with Gasteiger partial charge >= 0.3 is 5.97 Å². The van der Waals surface area contributed by atoms with Gasteiger partial charge in [0.05, 0.1) is 5.56 Å². The van der Waals surface area contributed by atoms with E-state index in [1.54, 1.807) is 0 Å². The number of esters is 1. The van der Waals surface area contributed by atoms with Crippen LogP contribution in [0.15, 0.2) is 54.6 Å². The van der Waals surface area contributed by atoms with Crippen LogP contribution in [0.1, 0.15) is 41.1 Å². The molecule has 3 saturated carbocycles. The van der Waals surface area contributed by atoms with E-state index >= 15 is 0 Å². The first-order valence-corrected chi connectivity index (χ1v) is 10.1. The van der Waals surface area contributed by atoms with E-state index in [1.165, 1.54) is 12.0 Å². The van der Waals surface area contributed by atoms with E-state index in [4.69, 9.17) is 16.3 Å². The molecule has 27 heavy (non-hydrogen) atoms. The van der Waals surface area contributed by atoms with Gasteiger partial charge in [-0.25, -0.2) is 4.79 Å². The Hall–Kier alpha value is -1.84. The molecule has 4 heteroatoms. The average Bonchev–Trinajstić information content (AvgIpc) is 2.69. The number of carbonyl (C=O) groups excluding carboxylic acids is 1. The summed E-state index contributed by atoms with van der Waals surface area (Å²) in [5, 5.41) is 0.774. The topological polar surface area (TPSA) is 29.5 Å². The van der Waals surface area contributed by atoms with Crippen LogP contribution in [0.2, 0.25) is 5.02 Å². The van der Waals surface area contributed by atoms with Gasteiger partial charge in [-0.05, 0) is 69.1 Å². The van der Waals surface area contributed by atoms with Gasteiger partial charge in [-0.1, -0.05) is 41.9 Å². The van der Waals surface area contributed by atoms with Crippen LogP contribution in [0, 0.1) is 11.8 Å². The van der Waals surface area contributed by atoms with E-state index in [0.29, 0.717) is 29.4 Å². The van der Waals surface area contributed by atoms with Crippen molar-refractivity contribution in [3.8, 4) is 0 Å². The van der Waals surface area contributed by atoms with E-state index in [0.717, 1.165) is 17.9 Å². The van der Waals surface area contributed by atoms with E-state index < -0.39 is 0 Å². The van der Waals surface area contributed by atoms with Crippen molar-refractivity contribution in [3.63, 3.8) is 0 Å². The maximum atomic E-state index is 12.6. The summed E-state index contributed by atoms with van der Waals surface area (Å²) in [6, 6.07) is 18.0. The van der Waals surface area contributed by atoms with Crippen molar-refractivity contribution in [2.45, 2.75) is 37.3 Å². The summed E-state index contributed by atoms with van der Waals surface area (Å²) in [6.07, 6.45) is 3.25. The molecule has 3 nitrogen and oxygen atoms in total. The van der Waals surface area contributed by atoms with Crippen molar-refractivity contribution < 1.29 is 9.53 Å². The molecule has 2 bridgehead atoms. The summed E-state index contributed by atoms with van der Waals surface area (Å²) in [6.45, 7) is 0. The van der Waals surface area contributed by atoms with Crippen molar-refractivity contribution in [2.75, 3.05) is 14.1 Å². The summed E-state index contributed by atoms with van der Waals surface area (Å²) >= 11 is 6.10. The van der Waals surface area contributed by atoms with Crippen LogP contribution in [0.3, 0.4) is 0 Å². The highest BCUT2D eigenvalue weighted by Crippen LogP contribution is 2.52. The molecule has 0 aromatic heterocycles. The van der Waals surface area contributed by atoms with Gasteiger partial charge in [0.15, 0.2) is 0 Å². The molecule has 2 aromatic carbocycles. The summed E-state index contributed by atoms with van der Waals surface area (Å²) in [7, 11) is 4.29. The molecule has 0 spiro atoms. The zero-order valence-electron chi connectivity index (χ0n) is 15.8. The molecule has 3 aliphatic carbocycles. The molecule has 3 aliphatic rings. The minimum Gasteiger partial charge on any atom is -0.458 e. The number of nitrogens with zero attached hydrogens (tertiary/aromatic N) is 1. The molecule has 5 atom stereocenters. The number of hydrogen-bond acceptors (Lipinski definition) is 3. The van der Waals surface area contributed by atoms with Gasteiger partial charge < -0.3 is 9.64 Å². The van der Waals surface area contributed by atoms with Gasteiger partial charge in [-0.3, -0.25) is 0 Å². The Labute approximate surface area is 166 Å². The third-order valence-electron chi connectivity index (χ3n) is 6.32. The normalized spacial score (nSPS) is 29.7. The van der Waals surface area contributed by atoms with Crippen molar-refractivity contribution in [1.82, 2.24) is 4.90 Å². The Kier molecular flexibility index (Phi) is 5.25. The molecule has 3 unspecified atom stereocenters. The van der Waals surface area contributed by atoms with Gasteiger partial charge in [-0.15, -0.1) is 0 Å². The Morgan fingerprint density at radius 3 is 2.41 bits per heavy atom. The van der Waals surface area contributed by atoms with Crippen LogP contribution in [0.4, 0.5) is 0 Å². The number of hydrogen-bond donors (Lipinski definition) is 0. The maximum Gasteiger partial charge on any atom is 0.338 e. The Morgan fingerprint density at radius 1 is 1.04 bits per heavy atom. The first-order chi connectivity index (χ1) is 13.0. The van der Waals surface area contributed by atoms with Crippen molar-refractivity contribution in [3.05, 3.63) is 70.7 Å². The standard InChI is InChI=1S/C23H26ClNO2/c1-25(2)22-19-13-10-17(21(22)15-8-11-18(24)12-9-15)14-20(19)27-23(26)16-6-4-3-5-7-16/h3-9,11-12,17,19-22H,10,13-14H2,1-2H3/t17?,19?,20?,21-,22-/m0/s1. The highest BCUT2D eigenvalue weighted by molar-refractivity contribution is 6.30. The van der Waals surface area contributed by atoms with Crippen LogP contribution < -0.4 is 0 Å². The molecule has 142 valence electrons. The highest BCUT2D eigenvalue weighted by Gasteiger charge is 2.51. The summed E-state index contributed by atoms with van der Waals surface area (Å²) in [4.78, 5) is 14.9. The lowest BCUT2D eigenvalue weighted by Crippen LogP contribution is -2.56. The zero-order chi connectivity index (χ0) is 19.0. The van der Waals surface area contributed by atoms with Gasteiger partial charge in [0.25, 0.3) is 0 Å². The number of carbonyl (C=O) groups is 1. The third-order valence-corrected chi connectivity index (χ3v) is 6.57. The second-order valence-corrected chi connectivity index (χ2v) is 8.51. The van der Waals surface area contributed by atoms with Crippen LogP contribution in [-0.4, -0.2) is 37.1 Å². The zero-order valence-corrected chi connectivity index (χ0v) is 16.6. The predicted octanol–water partition coefficient (Wildman–Crippen LogP) is 5.01. The second kappa shape index (κ2) is 7.65. The number of fused-ring (bicyclic) bond motifs is 3. The van der Waals surface area contributed by atoms with Crippen LogP contribution in [-0.2, 0) is 4.74 Å². The fraction of sp³-hybridized carbons (Fsp3) is 0.435. The van der Waals surface area contributed by atoms with Crippen LogP contribution in [0.5, 0.6) is 0 Å². The second-order valence-electron chi connectivity index (χ2n) is 8.08. The molecule has 5 rings (SSSR count). The number of likely N-dealkylation sites (N-methyl/N-ethyl adjacent to an activating group) is 1. The molecule has 3 fully saturated rings. The van der Waals surface area contributed by atoms with Crippen molar-refractivity contribution >= 4 is 17.6 Å². The van der Waals surface area contributed by atoms with Crippen molar-refractivity contribution in [1.29, 1.82) is 0 Å². The van der Waals surface area contributed by atoms with E-state index in [2.05, 4.69) is 31.1 Å². The quantitative estimate of drug-likeness (QED) is 0.695. The van der Waals surface area contributed by atoms with Gasteiger partial charge in [0, 0.05) is 22.9 Å². The van der Waals surface area contributed by atoms with E-state index in [-0.39, 0.29) is 12.1 Å². The molecule has 2 aromatic rings. The Morgan fingerprint density at radius 2 is 1.74 bits per heavy atom. The third kappa shape index (κ3) is 3.63. The van der Waals surface area contributed by atoms with Gasteiger partial charge in [-0.2, -0.15) is 0 Å².